The van der Waals surface area contributed by atoms with Gasteiger partial charge in [0.1, 0.15) is 0 Å². The molecule has 0 aromatic rings. The molecule has 1 rings (SSSR count). The molecule has 4 N–H and O–H groups in total. The van der Waals surface area contributed by atoms with E-state index in [4.69, 9.17) is 11.5 Å². The van der Waals surface area contributed by atoms with Crippen molar-refractivity contribution in [2.75, 3.05) is 13.1 Å². The van der Waals surface area contributed by atoms with Crippen molar-refractivity contribution in [3.8, 4) is 0 Å². The van der Waals surface area contributed by atoms with E-state index in [-0.39, 0.29) is 24.4 Å². The van der Waals surface area contributed by atoms with Crippen LogP contribution in [0.5, 0.6) is 0 Å². The minimum atomic E-state index is -0.456. The molecule has 92 valence electrons. The average Bonchev–Trinajstić information content (AvgIpc) is 2.25. The van der Waals surface area contributed by atoms with E-state index < -0.39 is 5.91 Å². The van der Waals surface area contributed by atoms with E-state index in [1.807, 2.05) is 6.92 Å². The fraction of sp³-hybridized carbons (Fsp3) is 0.818. The Hall–Kier alpha value is -1.10. The Bertz CT molecular complexity index is 260. The molecule has 5 heteroatoms. The summed E-state index contributed by atoms with van der Waals surface area (Å²) in [6.45, 7) is 2.41. The zero-order valence-corrected chi connectivity index (χ0v) is 9.82. The number of nitrogens with two attached hydrogens (primary N) is 2. The summed E-state index contributed by atoms with van der Waals surface area (Å²) in [5, 5.41) is 0. The Balaban J connectivity index is 2.51. The van der Waals surface area contributed by atoms with Crippen LogP contribution >= 0.6 is 0 Å². The lowest BCUT2D eigenvalue weighted by Gasteiger charge is -2.29. The second-order valence-electron chi connectivity index (χ2n) is 4.43. The highest BCUT2D eigenvalue weighted by atomic mass is 16.2. The van der Waals surface area contributed by atoms with Crippen LogP contribution in [0.4, 0.5) is 0 Å². The number of nitrogens with zero attached hydrogens (tertiary/aromatic N) is 1. The molecule has 1 fully saturated rings. The van der Waals surface area contributed by atoms with Gasteiger partial charge in [0.15, 0.2) is 0 Å². The third-order valence-electron chi connectivity index (χ3n) is 3.16. The highest BCUT2D eigenvalue weighted by molar-refractivity contribution is 5.85. The first-order valence-electron chi connectivity index (χ1n) is 5.87. The molecular formula is C11H21N3O2. The lowest BCUT2D eigenvalue weighted by Crippen LogP contribution is -2.43. The maximum atomic E-state index is 12.0. The Morgan fingerprint density at radius 2 is 1.81 bits per heavy atom. The maximum Gasteiger partial charge on any atom is 0.237 e. The standard InChI is InChI=1S/C11H21N3O2/c1-2-14(7-10(13)15)11(16)8-3-5-9(12)6-4-8/h8-9H,2-7,12H2,1H3,(H2,13,15). The van der Waals surface area contributed by atoms with E-state index in [1.54, 1.807) is 0 Å². The van der Waals surface area contributed by atoms with Gasteiger partial charge < -0.3 is 16.4 Å². The van der Waals surface area contributed by atoms with Crippen molar-refractivity contribution in [1.82, 2.24) is 4.90 Å². The Morgan fingerprint density at radius 3 is 2.25 bits per heavy atom. The number of hydrogen-bond acceptors (Lipinski definition) is 3. The third kappa shape index (κ3) is 3.48. The topological polar surface area (TPSA) is 89.4 Å². The molecule has 0 aromatic heterocycles. The predicted molar refractivity (Wildman–Crippen MR) is 61.4 cm³/mol. The summed E-state index contributed by atoms with van der Waals surface area (Å²) in [5.74, 6) is -0.380. The van der Waals surface area contributed by atoms with E-state index in [2.05, 4.69) is 0 Å². The minimum Gasteiger partial charge on any atom is -0.368 e. The molecule has 1 saturated carbocycles. The summed E-state index contributed by atoms with van der Waals surface area (Å²) < 4.78 is 0. The van der Waals surface area contributed by atoms with Gasteiger partial charge in [0, 0.05) is 18.5 Å². The zero-order chi connectivity index (χ0) is 12.1. The summed E-state index contributed by atoms with van der Waals surface area (Å²) in [5.41, 5.74) is 10.9. The van der Waals surface area contributed by atoms with E-state index in [0.717, 1.165) is 25.7 Å². The van der Waals surface area contributed by atoms with Crippen LogP contribution < -0.4 is 11.5 Å². The molecule has 16 heavy (non-hydrogen) atoms. The van der Waals surface area contributed by atoms with Crippen molar-refractivity contribution in [1.29, 1.82) is 0 Å². The van der Waals surface area contributed by atoms with E-state index in [1.165, 1.54) is 4.90 Å². The number of rotatable bonds is 4. The SMILES string of the molecule is CCN(CC(N)=O)C(=O)C1CCC(N)CC1. The fourth-order valence-corrected chi connectivity index (χ4v) is 2.16. The number of primary amides is 1. The van der Waals surface area contributed by atoms with Crippen LogP contribution in [0, 0.1) is 5.92 Å². The molecule has 5 nitrogen and oxygen atoms in total. The third-order valence-corrected chi connectivity index (χ3v) is 3.16. The number of likely N-dealkylation sites (N-methyl/N-ethyl adjacent to an activating group) is 1. The minimum absolute atomic E-state index is 0.0257. The van der Waals surface area contributed by atoms with E-state index in [0.29, 0.717) is 6.54 Å². The van der Waals surface area contributed by atoms with Crippen LogP contribution in [0.15, 0.2) is 0 Å². The Kier molecular flexibility index (Phi) is 4.73. The highest BCUT2D eigenvalue weighted by Gasteiger charge is 2.28. The summed E-state index contributed by atoms with van der Waals surface area (Å²) >= 11 is 0. The molecule has 2 amide bonds. The van der Waals surface area contributed by atoms with Crippen molar-refractivity contribution in [2.45, 2.75) is 38.6 Å². The van der Waals surface area contributed by atoms with Gasteiger partial charge in [-0.1, -0.05) is 0 Å². The van der Waals surface area contributed by atoms with Crippen LogP contribution in [-0.2, 0) is 9.59 Å². The molecule has 0 aliphatic heterocycles. The number of amides is 2. The Morgan fingerprint density at radius 1 is 1.25 bits per heavy atom. The first-order chi connectivity index (χ1) is 7.54. The molecule has 1 aliphatic carbocycles. The van der Waals surface area contributed by atoms with Crippen LogP contribution in [0.25, 0.3) is 0 Å². The molecule has 0 aromatic carbocycles. The van der Waals surface area contributed by atoms with Gasteiger partial charge in [-0.15, -0.1) is 0 Å². The van der Waals surface area contributed by atoms with E-state index in [9.17, 15) is 9.59 Å². The molecule has 0 bridgehead atoms. The summed E-state index contributed by atoms with van der Waals surface area (Å²) in [4.78, 5) is 24.4. The van der Waals surface area contributed by atoms with Crippen LogP contribution in [0.1, 0.15) is 32.6 Å². The lowest BCUT2D eigenvalue weighted by molar-refractivity contribution is -0.139. The predicted octanol–water partition coefficient (Wildman–Crippen LogP) is -0.162. The normalized spacial score (nSPS) is 25.1. The number of carbonyl (C=O) groups excluding carboxylic acids is 2. The quantitative estimate of drug-likeness (QED) is 0.699. The van der Waals surface area contributed by atoms with Crippen molar-refractivity contribution in [3.05, 3.63) is 0 Å². The molecule has 0 heterocycles. The fourth-order valence-electron chi connectivity index (χ4n) is 2.16. The summed E-state index contributed by atoms with van der Waals surface area (Å²) in [6, 6.07) is 0.232. The molecule has 0 unspecified atom stereocenters. The molecule has 0 saturated heterocycles. The van der Waals surface area contributed by atoms with Crippen molar-refractivity contribution < 1.29 is 9.59 Å². The maximum absolute atomic E-state index is 12.0. The zero-order valence-electron chi connectivity index (χ0n) is 9.82. The summed E-state index contributed by atoms with van der Waals surface area (Å²) in [6.07, 6.45) is 3.44. The van der Waals surface area contributed by atoms with Gasteiger partial charge in [-0.25, -0.2) is 0 Å². The van der Waals surface area contributed by atoms with Gasteiger partial charge in [0.2, 0.25) is 11.8 Å². The first-order valence-corrected chi connectivity index (χ1v) is 5.87. The van der Waals surface area contributed by atoms with Crippen LogP contribution in [-0.4, -0.2) is 35.8 Å². The lowest BCUT2D eigenvalue weighted by atomic mass is 9.85. The van der Waals surface area contributed by atoms with Gasteiger partial charge in [-0.3, -0.25) is 9.59 Å². The van der Waals surface area contributed by atoms with Gasteiger partial charge >= 0.3 is 0 Å². The molecule has 0 atom stereocenters. The Labute approximate surface area is 96.1 Å². The van der Waals surface area contributed by atoms with Crippen molar-refractivity contribution >= 4 is 11.8 Å². The highest BCUT2D eigenvalue weighted by Crippen LogP contribution is 2.24. The smallest absolute Gasteiger partial charge is 0.237 e. The van der Waals surface area contributed by atoms with Gasteiger partial charge in [-0.2, -0.15) is 0 Å². The summed E-state index contributed by atoms with van der Waals surface area (Å²) in [7, 11) is 0. The molecule has 1 aliphatic rings. The molecule has 0 spiro atoms. The number of hydrogen-bond donors (Lipinski definition) is 2. The van der Waals surface area contributed by atoms with Gasteiger partial charge in [0.05, 0.1) is 6.54 Å². The van der Waals surface area contributed by atoms with Crippen molar-refractivity contribution in [2.24, 2.45) is 17.4 Å². The van der Waals surface area contributed by atoms with Crippen molar-refractivity contribution in [3.63, 3.8) is 0 Å². The van der Waals surface area contributed by atoms with Gasteiger partial charge in [0.25, 0.3) is 0 Å². The largest absolute Gasteiger partial charge is 0.368 e. The van der Waals surface area contributed by atoms with Crippen LogP contribution in [0.3, 0.4) is 0 Å². The van der Waals surface area contributed by atoms with Gasteiger partial charge in [-0.05, 0) is 32.6 Å². The average molecular weight is 227 g/mol. The molecule has 0 radical (unpaired) electrons. The second kappa shape index (κ2) is 5.84. The van der Waals surface area contributed by atoms with Crippen LogP contribution in [0.2, 0.25) is 0 Å². The first kappa shape index (κ1) is 13.0. The second-order valence-corrected chi connectivity index (χ2v) is 4.43. The number of carbonyl (C=O) groups is 2. The molecular weight excluding hydrogens is 206 g/mol. The van der Waals surface area contributed by atoms with E-state index >= 15 is 0 Å². The monoisotopic (exact) mass is 227 g/mol.